The lowest BCUT2D eigenvalue weighted by molar-refractivity contribution is -0.0437. The summed E-state index contributed by atoms with van der Waals surface area (Å²) in [6, 6.07) is -0.951. The van der Waals surface area contributed by atoms with Gasteiger partial charge in [-0.3, -0.25) is 0 Å². The molecule has 2 aliphatic rings. The largest absolute Gasteiger partial charge is 0.414 e. The summed E-state index contributed by atoms with van der Waals surface area (Å²) in [6.07, 6.45) is -1.18. The van der Waals surface area contributed by atoms with Crippen LogP contribution in [0.15, 0.2) is 0 Å². The van der Waals surface area contributed by atoms with Gasteiger partial charge in [0, 0.05) is 0 Å². The van der Waals surface area contributed by atoms with Crippen molar-refractivity contribution >= 4 is 33.0 Å². The zero-order chi connectivity index (χ0) is 24.0. The number of hydrogen-bond donors (Lipinski definition) is 1. The molecule has 2 saturated heterocycles. The second-order valence-corrected chi connectivity index (χ2v) is 25.0. The number of rotatable bonds is 4. The van der Waals surface area contributed by atoms with Gasteiger partial charge in [0.2, 0.25) is 0 Å². The van der Waals surface area contributed by atoms with E-state index in [9.17, 15) is 5.11 Å². The van der Waals surface area contributed by atoms with Crippen molar-refractivity contribution in [2.45, 2.75) is 121 Å². The molecule has 4 atom stereocenters. The van der Waals surface area contributed by atoms with Crippen molar-refractivity contribution in [2.75, 3.05) is 6.61 Å². The van der Waals surface area contributed by atoms with Gasteiger partial charge in [0.05, 0.1) is 12.6 Å². The van der Waals surface area contributed by atoms with Crippen molar-refractivity contribution in [3.05, 3.63) is 0 Å². The normalized spacial score (nSPS) is 33.2. The molecule has 0 amide bonds. The lowest BCUT2D eigenvalue weighted by Gasteiger charge is -2.52. The molecule has 0 aromatic rings. The van der Waals surface area contributed by atoms with E-state index in [2.05, 4.69) is 86.5 Å². The third kappa shape index (κ3) is 5.12. The molecule has 2 radical (unpaired) electrons. The SMILES string of the molecule is [B][C@@H]1O[C@@H]2CO[Si](C(C)C)(C(C)C)O[Si](C(C)C)(C(C)C)O[C@H]2[C@@]1(O)C#C[Si](C)(C)C. The van der Waals surface area contributed by atoms with Gasteiger partial charge < -0.3 is 22.8 Å². The van der Waals surface area contributed by atoms with E-state index in [4.69, 9.17) is 25.6 Å². The van der Waals surface area contributed by atoms with Crippen molar-refractivity contribution in [3.8, 4) is 11.5 Å². The zero-order valence-corrected chi connectivity index (χ0v) is 24.4. The van der Waals surface area contributed by atoms with Crippen LogP contribution in [0.5, 0.6) is 0 Å². The molecule has 0 aromatic carbocycles. The highest BCUT2D eigenvalue weighted by Crippen LogP contribution is 2.48. The highest BCUT2D eigenvalue weighted by Gasteiger charge is 2.64. The van der Waals surface area contributed by atoms with E-state index in [0.717, 1.165) is 0 Å². The van der Waals surface area contributed by atoms with E-state index >= 15 is 0 Å². The monoisotopic (exact) mass is 482 g/mol. The van der Waals surface area contributed by atoms with Gasteiger partial charge in [-0.1, -0.05) is 81.0 Å². The van der Waals surface area contributed by atoms with Crippen LogP contribution in [0, 0.1) is 11.5 Å². The minimum absolute atomic E-state index is 0.158. The molecule has 0 bridgehead atoms. The fourth-order valence-electron chi connectivity index (χ4n) is 4.65. The molecule has 0 aromatic heterocycles. The Morgan fingerprint density at radius 1 is 0.935 bits per heavy atom. The van der Waals surface area contributed by atoms with Crippen molar-refractivity contribution in [1.82, 2.24) is 0 Å². The molecule has 0 unspecified atom stereocenters. The first kappa shape index (κ1) is 27.3. The number of ether oxygens (including phenoxy) is 1. The fraction of sp³-hybridized carbons (Fsp3) is 0.909. The van der Waals surface area contributed by atoms with Crippen molar-refractivity contribution < 1.29 is 22.8 Å². The smallest absolute Gasteiger partial charge is 0.335 e. The van der Waals surface area contributed by atoms with Crippen LogP contribution in [-0.2, 0) is 17.7 Å². The Labute approximate surface area is 194 Å². The lowest BCUT2D eigenvalue weighted by Crippen LogP contribution is -2.67. The van der Waals surface area contributed by atoms with Crippen molar-refractivity contribution in [2.24, 2.45) is 0 Å². The Morgan fingerprint density at radius 3 is 1.84 bits per heavy atom. The van der Waals surface area contributed by atoms with Gasteiger partial charge in [-0.25, -0.2) is 0 Å². The minimum Gasteiger partial charge on any atom is -0.414 e. The second-order valence-electron chi connectivity index (χ2n) is 11.4. The van der Waals surface area contributed by atoms with E-state index < -0.39 is 49.0 Å². The molecule has 1 N–H and O–H groups in total. The molecule has 0 spiro atoms. The number of aliphatic hydroxyl groups is 1. The Kier molecular flexibility index (Phi) is 8.26. The third-order valence-electron chi connectivity index (χ3n) is 6.49. The lowest BCUT2D eigenvalue weighted by atomic mass is 9.81. The van der Waals surface area contributed by atoms with Crippen molar-refractivity contribution in [3.63, 3.8) is 0 Å². The summed E-state index contributed by atoms with van der Waals surface area (Å²) >= 11 is 0. The summed E-state index contributed by atoms with van der Waals surface area (Å²) in [7, 11) is -0.949. The molecule has 5 nitrogen and oxygen atoms in total. The maximum atomic E-state index is 11.7. The van der Waals surface area contributed by atoms with E-state index in [1.165, 1.54) is 0 Å². The summed E-state index contributed by atoms with van der Waals surface area (Å²) in [5.41, 5.74) is 2.51. The highest BCUT2D eigenvalue weighted by atomic mass is 28.5. The van der Waals surface area contributed by atoms with Crippen LogP contribution in [0.1, 0.15) is 55.4 Å². The van der Waals surface area contributed by atoms with E-state index in [0.29, 0.717) is 6.61 Å². The van der Waals surface area contributed by atoms with Crippen LogP contribution in [0.3, 0.4) is 0 Å². The van der Waals surface area contributed by atoms with Crippen molar-refractivity contribution in [1.29, 1.82) is 0 Å². The Bertz CT molecular complexity index is 681. The zero-order valence-electron chi connectivity index (χ0n) is 21.4. The Hall–Kier alpha value is 0.0756. The standard InChI is InChI=1S/C22H43BO5Si3/c1-15(2)30(16(3)4)25-14-19-20(27-31(28-30,17(5)6)18(7)8)22(24,21(23)26-19)12-13-29(9,10)11/h15-21,24H,14H2,1-11H3/t19-,20-,21-,22+/m1/s1. The predicted molar refractivity (Wildman–Crippen MR) is 134 cm³/mol. The van der Waals surface area contributed by atoms with Crippen LogP contribution >= 0.6 is 0 Å². The van der Waals surface area contributed by atoms with E-state index in [1.54, 1.807) is 0 Å². The van der Waals surface area contributed by atoms with E-state index in [-0.39, 0.29) is 22.2 Å². The van der Waals surface area contributed by atoms with Crippen LogP contribution in [0.4, 0.5) is 0 Å². The van der Waals surface area contributed by atoms with E-state index in [1.807, 2.05) is 0 Å². The summed E-state index contributed by atoms with van der Waals surface area (Å²) in [5.74, 6) is 3.09. The summed E-state index contributed by atoms with van der Waals surface area (Å²) in [5, 5.41) is 11.7. The van der Waals surface area contributed by atoms with Gasteiger partial charge in [0.25, 0.3) is 0 Å². The van der Waals surface area contributed by atoms with Gasteiger partial charge in [0.15, 0.2) is 5.60 Å². The van der Waals surface area contributed by atoms with Gasteiger partial charge >= 0.3 is 17.1 Å². The average molecular weight is 483 g/mol. The van der Waals surface area contributed by atoms with Gasteiger partial charge in [-0.05, 0) is 22.2 Å². The number of hydrogen-bond acceptors (Lipinski definition) is 5. The fourth-order valence-corrected chi connectivity index (χ4v) is 16.5. The first-order valence-corrected chi connectivity index (χ1v) is 19.2. The molecule has 9 heteroatoms. The third-order valence-corrected chi connectivity index (χ3v) is 17.6. The van der Waals surface area contributed by atoms with Gasteiger partial charge in [-0.2, -0.15) is 0 Å². The molecular weight excluding hydrogens is 439 g/mol. The molecule has 2 heterocycles. The molecule has 0 aliphatic carbocycles. The molecule has 176 valence electrons. The second kappa shape index (κ2) is 9.38. The molecule has 2 aliphatic heterocycles. The molecule has 0 saturated carbocycles. The van der Waals surface area contributed by atoms with Crippen LogP contribution in [-0.4, -0.2) is 68.6 Å². The summed E-state index contributed by atoms with van der Waals surface area (Å²) < 4.78 is 26.9. The molecule has 31 heavy (non-hydrogen) atoms. The highest BCUT2D eigenvalue weighted by molar-refractivity contribution is 6.84. The Balaban J connectivity index is 2.65. The summed E-state index contributed by atoms with van der Waals surface area (Å²) in [4.78, 5) is 0. The van der Waals surface area contributed by atoms with Gasteiger partial charge in [0.1, 0.15) is 28.1 Å². The first-order chi connectivity index (χ1) is 14.0. The van der Waals surface area contributed by atoms with Crippen LogP contribution < -0.4 is 0 Å². The van der Waals surface area contributed by atoms with Gasteiger partial charge in [-0.15, -0.1) is 5.54 Å². The maximum Gasteiger partial charge on any atom is 0.335 e. The predicted octanol–water partition coefficient (Wildman–Crippen LogP) is 4.45. The first-order valence-electron chi connectivity index (χ1n) is 11.7. The van der Waals surface area contributed by atoms with Crippen LogP contribution in [0.2, 0.25) is 41.8 Å². The topological polar surface area (TPSA) is 57.2 Å². The number of fused-ring (bicyclic) bond motifs is 1. The quantitative estimate of drug-likeness (QED) is 0.474. The molecule has 2 fully saturated rings. The maximum absolute atomic E-state index is 11.7. The molecular formula is C22H43BO5Si3. The summed E-state index contributed by atoms with van der Waals surface area (Å²) in [6.45, 7) is 24.1. The average Bonchev–Trinajstić information content (AvgIpc) is 2.82. The molecule has 2 rings (SSSR count). The Morgan fingerprint density at radius 2 is 1.42 bits per heavy atom. The minimum atomic E-state index is -2.88. The van der Waals surface area contributed by atoms with Crippen LogP contribution in [0.25, 0.3) is 0 Å².